The molecule has 2 atom stereocenters. The summed E-state index contributed by atoms with van der Waals surface area (Å²) in [7, 11) is 0. The zero-order valence-corrected chi connectivity index (χ0v) is 13.0. The smallest absolute Gasteiger partial charge is 0.0705 e. The van der Waals surface area contributed by atoms with E-state index in [0.29, 0.717) is 12.0 Å². The number of benzene rings is 1. The van der Waals surface area contributed by atoms with Crippen molar-refractivity contribution in [2.75, 3.05) is 19.6 Å². The molecule has 2 N–H and O–H groups in total. The molecule has 0 aliphatic carbocycles. The van der Waals surface area contributed by atoms with Crippen molar-refractivity contribution >= 4 is 10.9 Å². The maximum absolute atomic E-state index is 6.04. The number of piperidine rings is 1. The number of nitrogens with two attached hydrogens (primary N) is 1. The molecule has 3 rings (SSSR count). The van der Waals surface area contributed by atoms with Gasteiger partial charge in [0.05, 0.1) is 5.52 Å². The minimum Gasteiger partial charge on any atom is -0.330 e. The predicted molar refractivity (Wildman–Crippen MR) is 88.2 cm³/mol. The summed E-state index contributed by atoms with van der Waals surface area (Å²) in [6.45, 7) is 7.33. The van der Waals surface area contributed by atoms with Gasteiger partial charge in [-0.25, -0.2) is 0 Å². The third-order valence-electron chi connectivity index (χ3n) is 4.76. The van der Waals surface area contributed by atoms with Gasteiger partial charge >= 0.3 is 0 Å². The van der Waals surface area contributed by atoms with Crippen molar-refractivity contribution in [3.8, 4) is 0 Å². The Hall–Kier alpha value is -1.45. The summed E-state index contributed by atoms with van der Waals surface area (Å²) in [5.74, 6) is 0.564. The fourth-order valence-corrected chi connectivity index (χ4v) is 3.67. The SMILES string of the molecule is CCN1CCCC(CN)C1c1ccc2nc(C)ccc2c1. The van der Waals surface area contributed by atoms with Gasteiger partial charge in [-0.15, -0.1) is 0 Å². The summed E-state index contributed by atoms with van der Waals surface area (Å²) >= 11 is 0. The maximum atomic E-state index is 6.04. The van der Waals surface area contributed by atoms with Crippen molar-refractivity contribution in [3.05, 3.63) is 41.6 Å². The molecule has 0 bridgehead atoms. The van der Waals surface area contributed by atoms with Gasteiger partial charge in [-0.05, 0) is 69.1 Å². The van der Waals surface area contributed by atoms with Crippen molar-refractivity contribution in [1.82, 2.24) is 9.88 Å². The second-order valence-corrected chi connectivity index (χ2v) is 6.12. The van der Waals surface area contributed by atoms with Crippen LogP contribution in [0.15, 0.2) is 30.3 Å². The monoisotopic (exact) mass is 283 g/mol. The highest BCUT2D eigenvalue weighted by molar-refractivity contribution is 5.79. The molecule has 1 aliphatic heterocycles. The lowest BCUT2D eigenvalue weighted by Gasteiger charge is -2.41. The molecule has 0 spiro atoms. The predicted octanol–water partition coefficient (Wildman–Crippen LogP) is 3.27. The van der Waals surface area contributed by atoms with Crippen LogP contribution >= 0.6 is 0 Å². The van der Waals surface area contributed by atoms with Gasteiger partial charge in [0.2, 0.25) is 0 Å². The number of aromatic nitrogens is 1. The quantitative estimate of drug-likeness (QED) is 0.940. The van der Waals surface area contributed by atoms with Crippen LogP contribution in [0.1, 0.15) is 37.1 Å². The number of aryl methyl sites for hydroxylation is 1. The van der Waals surface area contributed by atoms with Gasteiger partial charge in [0.1, 0.15) is 0 Å². The van der Waals surface area contributed by atoms with Gasteiger partial charge in [-0.1, -0.05) is 19.1 Å². The van der Waals surface area contributed by atoms with Crippen molar-refractivity contribution in [2.45, 2.75) is 32.7 Å². The van der Waals surface area contributed by atoms with Crippen LogP contribution in [0.3, 0.4) is 0 Å². The van der Waals surface area contributed by atoms with Crippen LogP contribution in [-0.2, 0) is 0 Å². The van der Waals surface area contributed by atoms with E-state index < -0.39 is 0 Å². The average molecular weight is 283 g/mol. The van der Waals surface area contributed by atoms with E-state index in [1.165, 1.54) is 30.3 Å². The molecule has 0 amide bonds. The Morgan fingerprint density at radius 2 is 2.14 bits per heavy atom. The molecule has 2 heterocycles. The Morgan fingerprint density at radius 1 is 1.29 bits per heavy atom. The molecule has 1 saturated heterocycles. The molecule has 112 valence electrons. The number of nitrogens with zero attached hydrogens (tertiary/aromatic N) is 2. The number of pyridine rings is 1. The van der Waals surface area contributed by atoms with Crippen molar-refractivity contribution in [2.24, 2.45) is 11.7 Å². The Kier molecular flexibility index (Phi) is 4.22. The van der Waals surface area contributed by atoms with E-state index in [2.05, 4.69) is 47.1 Å². The van der Waals surface area contributed by atoms with E-state index in [0.717, 1.165) is 24.3 Å². The van der Waals surface area contributed by atoms with E-state index >= 15 is 0 Å². The molecule has 1 aliphatic rings. The highest BCUT2D eigenvalue weighted by Gasteiger charge is 2.30. The molecule has 1 fully saturated rings. The lowest BCUT2D eigenvalue weighted by atomic mass is 9.84. The normalized spacial score (nSPS) is 23.6. The minimum atomic E-state index is 0.458. The Labute approximate surface area is 127 Å². The standard InChI is InChI=1S/C18H25N3/c1-3-21-10-4-5-16(12-19)18(21)15-8-9-17-14(11-15)7-6-13(2)20-17/h6-9,11,16,18H,3-5,10,12,19H2,1-2H3. The lowest BCUT2D eigenvalue weighted by Crippen LogP contribution is -2.41. The summed E-state index contributed by atoms with van der Waals surface area (Å²) in [5.41, 5.74) is 9.59. The Morgan fingerprint density at radius 3 is 2.90 bits per heavy atom. The van der Waals surface area contributed by atoms with Crippen LogP contribution in [0.2, 0.25) is 0 Å². The third kappa shape index (κ3) is 2.81. The Bertz CT molecular complexity index is 611. The van der Waals surface area contributed by atoms with Crippen LogP contribution in [-0.4, -0.2) is 29.5 Å². The minimum absolute atomic E-state index is 0.458. The van der Waals surface area contributed by atoms with Crippen LogP contribution in [0, 0.1) is 12.8 Å². The van der Waals surface area contributed by atoms with E-state index in [4.69, 9.17) is 5.73 Å². The molecular weight excluding hydrogens is 258 g/mol. The van der Waals surface area contributed by atoms with Crippen LogP contribution in [0.5, 0.6) is 0 Å². The van der Waals surface area contributed by atoms with E-state index in [9.17, 15) is 0 Å². The molecule has 1 aromatic carbocycles. The third-order valence-corrected chi connectivity index (χ3v) is 4.76. The van der Waals surface area contributed by atoms with E-state index in [1.54, 1.807) is 0 Å². The highest BCUT2D eigenvalue weighted by Crippen LogP contribution is 2.36. The molecule has 1 aromatic heterocycles. The number of likely N-dealkylation sites (tertiary alicyclic amines) is 1. The van der Waals surface area contributed by atoms with Gasteiger partial charge in [-0.2, -0.15) is 0 Å². The topological polar surface area (TPSA) is 42.1 Å². The van der Waals surface area contributed by atoms with Gasteiger partial charge in [0.25, 0.3) is 0 Å². The fourth-order valence-electron chi connectivity index (χ4n) is 3.67. The number of hydrogen-bond acceptors (Lipinski definition) is 3. The first kappa shape index (κ1) is 14.5. The maximum Gasteiger partial charge on any atom is 0.0705 e. The molecule has 2 aromatic rings. The van der Waals surface area contributed by atoms with E-state index in [-0.39, 0.29) is 0 Å². The zero-order chi connectivity index (χ0) is 14.8. The number of fused-ring (bicyclic) bond motifs is 1. The molecule has 3 heteroatoms. The highest BCUT2D eigenvalue weighted by atomic mass is 15.2. The van der Waals surface area contributed by atoms with Crippen LogP contribution in [0.4, 0.5) is 0 Å². The van der Waals surface area contributed by atoms with Gasteiger partial charge in [0, 0.05) is 17.1 Å². The first-order valence-corrected chi connectivity index (χ1v) is 8.04. The molecule has 2 unspecified atom stereocenters. The van der Waals surface area contributed by atoms with Crippen molar-refractivity contribution in [1.29, 1.82) is 0 Å². The number of hydrogen-bond donors (Lipinski definition) is 1. The molecule has 0 radical (unpaired) electrons. The molecule has 0 saturated carbocycles. The first-order chi connectivity index (χ1) is 10.2. The van der Waals surface area contributed by atoms with Gasteiger partial charge < -0.3 is 5.73 Å². The summed E-state index contributed by atoms with van der Waals surface area (Å²) in [5, 5.41) is 1.23. The molecule has 3 nitrogen and oxygen atoms in total. The van der Waals surface area contributed by atoms with Gasteiger partial charge in [-0.3, -0.25) is 9.88 Å². The Balaban J connectivity index is 2.01. The second kappa shape index (κ2) is 6.12. The van der Waals surface area contributed by atoms with Crippen molar-refractivity contribution in [3.63, 3.8) is 0 Å². The van der Waals surface area contributed by atoms with Crippen LogP contribution in [0.25, 0.3) is 10.9 Å². The van der Waals surface area contributed by atoms with Crippen LogP contribution < -0.4 is 5.73 Å². The first-order valence-electron chi connectivity index (χ1n) is 8.04. The summed E-state index contributed by atoms with van der Waals surface area (Å²) in [6, 6.07) is 11.4. The lowest BCUT2D eigenvalue weighted by molar-refractivity contribution is 0.102. The average Bonchev–Trinajstić information content (AvgIpc) is 2.53. The second-order valence-electron chi connectivity index (χ2n) is 6.12. The zero-order valence-electron chi connectivity index (χ0n) is 13.0. The van der Waals surface area contributed by atoms with Gasteiger partial charge in [0.15, 0.2) is 0 Å². The van der Waals surface area contributed by atoms with E-state index in [1.807, 2.05) is 6.92 Å². The molecular formula is C18H25N3. The largest absolute Gasteiger partial charge is 0.330 e. The summed E-state index contributed by atoms with van der Waals surface area (Å²) in [4.78, 5) is 7.18. The number of rotatable bonds is 3. The summed E-state index contributed by atoms with van der Waals surface area (Å²) in [6.07, 6.45) is 2.50. The molecule has 21 heavy (non-hydrogen) atoms. The van der Waals surface area contributed by atoms with Crippen molar-refractivity contribution < 1.29 is 0 Å². The fraction of sp³-hybridized carbons (Fsp3) is 0.500. The summed E-state index contributed by atoms with van der Waals surface area (Å²) < 4.78 is 0.